The minimum atomic E-state index is -0.782. The van der Waals surface area contributed by atoms with Gasteiger partial charge in [-0.25, -0.2) is 4.39 Å². The summed E-state index contributed by atoms with van der Waals surface area (Å²) in [7, 11) is 1.85. The van der Waals surface area contributed by atoms with Gasteiger partial charge in [-0.05, 0) is 44.3 Å². The Labute approximate surface area is 153 Å². The number of unbranched alkanes of at least 4 members (excludes halogenated alkanes) is 1. The Morgan fingerprint density at radius 1 is 1.24 bits per heavy atom. The van der Waals surface area contributed by atoms with Crippen molar-refractivity contribution in [3.05, 3.63) is 12.3 Å². The molecular formula is C21H37FN2O. The van der Waals surface area contributed by atoms with E-state index < -0.39 is 6.17 Å². The van der Waals surface area contributed by atoms with E-state index >= 15 is 4.39 Å². The molecule has 0 aromatic rings. The van der Waals surface area contributed by atoms with Crippen LogP contribution < -0.4 is 10.6 Å². The van der Waals surface area contributed by atoms with E-state index in [-0.39, 0.29) is 17.4 Å². The van der Waals surface area contributed by atoms with Gasteiger partial charge in [0.1, 0.15) is 6.17 Å². The summed E-state index contributed by atoms with van der Waals surface area (Å²) in [5, 5.41) is 6.98. The quantitative estimate of drug-likeness (QED) is 0.725. The first kappa shape index (κ1) is 19.2. The van der Waals surface area contributed by atoms with Crippen molar-refractivity contribution in [3.8, 4) is 0 Å². The van der Waals surface area contributed by atoms with Gasteiger partial charge in [0, 0.05) is 38.0 Å². The van der Waals surface area contributed by atoms with Crippen LogP contribution in [0.5, 0.6) is 0 Å². The van der Waals surface area contributed by atoms with E-state index in [1.807, 2.05) is 13.3 Å². The van der Waals surface area contributed by atoms with Crippen molar-refractivity contribution >= 4 is 0 Å². The Morgan fingerprint density at radius 3 is 2.80 bits per heavy atom. The van der Waals surface area contributed by atoms with Gasteiger partial charge in [-0.1, -0.05) is 38.7 Å². The molecule has 2 bridgehead atoms. The summed E-state index contributed by atoms with van der Waals surface area (Å²) in [5.74, 6) is 1.24. The number of hydrogen-bond donors (Lipinski definition) is 2. The third-order valence-corrected chi connectivity index (χ3v) is 6.98. The predicted octanol–water partition coefficient (Wildman–Crippen LogP) is 4.05. The van der Waals surface area contributed by atoms with E-state index in [0.29, 0.717) is 18.3 Å². The van der Waals surface area contributed by atoms with Crippen LogP contribution in [0.2, 0.25) is 0 Å². The number of methoxy groups -OCH3 is 1. The molecule has 0 spiro atoms. The third-order valence-electron chi connectivity index (χ3n) is 6.98. The maximum Gasteiger partial charge on any atom is 0.106 e. The molecule has 0 amide bonds. The van der Waals surface area contributed by atoms with Crippen LogP contribution in [-0.4, -0.2) is 38.5 Å². The molecule has 0 radical (unpaired) electrons. The monoisotopic (exact) mass is 352 g/mol. The second-order valence-corrected chi connectivity index (χ2v) is 8.48. The molecule has 3 rings (SSSR count). The van der Waals surface area contributed by atoms with Crippen LogP contribution in [0.1, 0.15) is 58.3 Å². The van der Waals surface area contributed by atoms with Gasteiger partial charge < -0.3 is 15.4 Å². The zero-order valence-corrected chi connectivity index (χ0v) is 16.1. The first-order valence-corrected chi connectivity index (χ1v) is 10.5. The Hall–Kier alpha value is -0.610. The highest BCUT2D eigenvalue weighted by Gasteiger charge is 2.53. The maximum absolute atomic E-state index is 15.7. The Bertz CT molecular complexity index is 440. The van der Waals surface area contributed by atoms with Crippen molar-refractivity contribution in [2.45, 2.75) is 70.1 Å². The molecule has 1 saturated heterocycles. The minimum absolute atomic E-state index is 0.0409. The molecule has 2 N–H and O–H groups in total. The Morgan fingerprint density at radius 2 is 2.08 bits per heavy atom. The van der Waals surface area contributed by atoms with Gasteiger partial charge in [0.05, 0.1) is 5.60 Å². The van der Waals surface area contributed by atoms with E-state index in [2.05, 4.69) is 23.6 Å². The summed E-state index contributed by atoms with van der Waals surface area (Å²) in [6.07, 6.45) is 12.1. The fraction of sp³-hybridized carbons (Fsp3) is 0.905. The Balaban J connectivity index is 1.94. The molecule has 6 unspecified atom stereocenters. The molecule has 144 valence electrons. The van der Waals surface area contributed by atoms with E-state index in [9.17, 15) is 0 Å². The predicted molar refractivity (Wildman–Crippen MR) is 101 cm³/mol. The summed E-state index contributed by atoms with van der Waals surface area (Å²) in [6.45, 7) is 5.05. The van der Waals surface area contributed by atoms with Gasteiger partial charge in [0.25, 0.3) is 0 Å². The minimum Gasteiger partial charge on any atom is -0.391 e. The molecule has 25 heavy (non-hydrogen) atoms. The molecule has 6 atom stereocenters. The SMILES string of the molecule is CCCCC(F)C(C1C=CNC1)C1(OC)CC2CCCCC1CNC2. The molecule has 0 aromatic carbocycles. The molecule has 3 aliphatic rings. The number of fused-ring (bicyclic) bond motifs is 3. The lowest BCUT2D eigenvalue weighted by Crippen LogP contribution is -2.55. The van der Waals surface area contributed by atoms with Gasteiger partial charge in [0.2, 0.25) is 0 Å². The van der Waals surface area contributed by atoms with E-state index in [0.717, 1.165) is 45.3 Å². The first-order valence-electron chi connectivity index (χ1n) is 10.5. The van der Waals surface area contributed by atoms with Crippen LogP contribution in [-0.2, 0) is 4.74 Å². The molecule has 1 saturated carbocycles. The number of ether oxygens (including phenoxy) is 1. The lowest BCUT2D eigenvalue weighted by Gasteiger charge is -2.49. The zero-order chi connectivity index (χ0) is 17.7. The highest BCUT2D eigenvalue weighted by molar-refractivity contribution is 5.10. The lowest BCUT2D eigenvalue weighted by atomic mass is 9.63. The van der Waals surface area contributed by atoms with E-state index in [4.69, 9.17) is 4.74 Å². The average molecular weight is 353 g/mol. The zero-order valence-electron chi connectivity index (χ0n) is 16.1. The van der Waals surface area contributed by atoms with E-state index in [1.54, 1.807) is 0 Å². The van der Waals surface area contributed by atoms with Gasteiger partial charge in [-0.15, -0.1) is 0 Å². The molecule has 1 aliphatic carbocycles. The highest BCUT2D eigenvalue weighted by atomic mass is 19.1. The summed E-state index contributed by atoms with van der Waals surface area (Å²) in [5.41, 5.74) is -0.331. The largest absolute Gasteiger partial charge is 0.391 e. The summed E-state index contributed by atoms with van der Waals surface area (Å²) >= 11 is 0. The topological polar surface area (TPSA) is 33.3 Å². The van der Waals surface area contributed by atoms with Crippen molar-refractivity contribution < 1.29 is 9.13 Å². The maximum atomic E-state index is 15.7. The Kier molecular flexibility index (Phi) is 6.79. The molecule has 2 fully saturated rings. The van der Waals surface area contributed by atoms with Crippen molar-refractivity contribution in [1.82, 2.24) is 10.6 Å². The van der Waals surface area contributed by atoms with Crippen molar-refractivity contribution in [2.24, 2.45) is 23.7 Å². The number of hydrogen-bond acceptors (Lipinski definition) is 3. The second-order valence-electron chi connectivity index (χ2n) is 8.48. The van der Waals surface area contributed by atoms with Crippen molar-refractivity contribution in [3.63, 3.8) is 0 Å². The van der Waals surface area contributed by atoms with Crippen LogP contribution in [0.3, 0.4) is 0 Å². The van der Waals surface area contributed by atoms with Gasteiger partial charge in [-0.2, -0.15) is 0 Å². The fourth-order valence-corrected chi connectivity index (χ4v) is 5.72. The molecule has 3 nitrogen and oxygen atoms in total. The second kappa shape index (κ2) is 8.85. The number of rotatable bonds is 7. The summed E-state index contributed by atoms with van der Waals surface area (Å²) in [6, 6.07) is 0. The van der Waals surface area contributed by atoms with Crippen LogP contribution in [0.15, 0.2) is 12.3 Å². The van der Waals surface area contributed by atoms with Crippen LogP contribution >= 0.6 is 0 Å². The van der Waals surface area contributed by atoms with Gasteiger partial charge in [-0.3, -0.25) is 0 Å². The van der Waals surface area contributed by atoms with Gasteiger partial charge >= 0.3 is 0 Å². The van der Waals surface area contributed by atoms with Crippen LogP contribution in [0.4, 0.5) is 4.39 Å². The molecular weight excluding hydrogens is 315 g/mol. The summed E-state index contributed by atoms with van der Waals surface area (Å²) in [4.78, 5) is 0. The molecule has 0 aromatic heterocycles. The third kappa shape index (κ3) is 4.05. The average Bonchev–Trinajstić information content (AvgIpc) is 3.09. The molecule has 2 heterocycles. The normalized spacial score (nSPS) is 37.8. The molecule has 2 aliphatic heterocycles. The standard InChI is InChI=1S/C21H37FN2O/c1-3-4-9-19(22)20(17-10-11-23-14-17)21(25-2)12-16-7-5-6-8-18(21)15-24-13-16/h10-11,16-20,23-24H,3-9,12-15H2,1-2H3. The number of halogens is 1. The number of nitrogens with one attached hydrogen (secondary N) is 2. The number of alkyl halides is 1. The molecule has 4 heteroatoms. The first-order chi connectivity index (χ1) is 12.2. The van der Waals surface area contributed by atoms with Crippen LogP contribution in [0.25, 0.3) is 0 Å². The van der Waals surface area contributed by atoms with Gasteiger partial charge in [0.15, 0.2) is 0 Å². The van der Waals surface area contributed by atoms with Crippen molar-refractivity contribution in [1.29, 1.82) is 0 Å². The van der Waals surface area contributed by atoms with E-state index in [1.165, 1.54) is 19.3 Å². The lowest BCUT2D eigenvalue weighted by molar-refractivity contribution is -0.146. The highest BCUT2D eigenvalue weighted by Crippen LogP contribution is 2.48. The van der Waals surface area contributed by atoms with Crippen molar-refractivity contribution in [2.75, 3.05) is 26.7 Å². The fourth-order valence-electron chi connectivity index (χ4n) is 5.72. The summed E-state index contributed by atoms with van der Waals surface area (Å²) < 4.78 is 22.0. The smallest absolute Gasteiger partial charge is 0.106 e. The van der Waals surface area contributed by atoms with Crippen LogP contribution in [0, 0.1) is 23.7 Å².